The van der Waals surface area contributed by atoms with Crippen LogP contribution in [-0.4, -0.2) is 19.6 Å². The van der Waals surface area contributed by atoms with Gasteiger partial charge in [0.15, 0.2) is 11.4 Å². The van der Waals surface area contributed by atoms with E-state index in [2.05, 4.69) is 15.1 Å². The minimum atomic E-state index is -5.03. The van der Waals surface area contributed by atoms with Crippen LogP contribution >= 0.6 is 11.8 Å². The van der Waals surface area contributed by atoms with Crippen molar-refractivity contribution in [2.75, 3.05) is 0 Å². The lowest BCUT2D eigenvalue weighted by molar-refractivity contribution is -0.148. The molecule has 0 atom stereocenters. The lowest BCUT2D eigenvalue weighted by Crippen LogP contribution is -2.18. The summed E-state index contributed by atoms with van der Waals surface area (Å²) in [5, 5.41) is 3.54. The molecule has 1 aromatic carbocycles. The number of benzene rings is 1. The Balaban J connectivity index is 2.00. The summed E-state index contributed by atoms with van der Waals surface area (Å²) < 4.78 is 77.7. The van der Waals surface area contributed by atoms with E-state index in [-0.39, 0.29) is 15.7 Å². The lowest BCUT2D eigenvalue weighted by atomic mass is 10.2. The van der Waals surface area contributed by atoms with Gasteiger partial charge in [-0.1, -0.05) is 42.1 Å². The molecule has 0 radical (unpaired) electrons. The van der Waals surface area contributed by atoms with Crippen LogP contribution in [0.3, 0.4) is 0 Å². The Kier molecular flexibility index (Phi) is 4.35. The second-order valence-electron chi connectivity index (χ2n) is 4.90. The molecule has 2 aromatic heterocycles. The first kappa shape index (κ1) is 17.5. The summed E-state index contributed by atoms with van der Waals surface area (Å²) in [7, 11) is 0. The van der Waals surface area contributed by atoms with E-state index in [0.717, 1.165) is 17.3 Å². The molecule has 25 heavy (non-hydrogen) atoms. The van der Waals surface area contributed by atoms with Crippen LogP contribution in [0.2, 0.25) is 0 Å². The van der Waals surface area contributed by atoms with Crippen molar-refractivity contribution in [3.8, 4) is 0 Å². The summed E-state index contributed by atoms with van der Waals surface area (Å²) >= 11 is 1.00. The molecule has 0 aliphatic carbocycles. The SMILES string of the molecule is FC(F)(F)c1cc(C(F)(F)F)n2nc(SCc3ccccc3)nc2n1. The highest BCUT2D eigenvalue weighted by Crippen LogP contribution is 2.35. The van der Waals surface area contributed by atoms with E-state index in [1.807, 2.05) is 0 Å². The number of nitrogens with zero attached hydrogens (tertiary/aromatic N) is 4. The Morgan fingerprint density at radius 3 is 2.20 bits per heavy atom. The molecule has 0 saturated heterocycles. The lowest BCUT2D eigenvalue weighted by Gasteiger charge is -2.11. The smallest absolute Gasteiger partial charge is 0.206 e. The van der Waals surface area contributed by atoms with Crippen molar-refractivity contribution >= 4 is 17.5 Å². The summed E-state index contributed by atoms with van der Waals surface area (Å²) in [4.78, 5) is 6.83. The van der Waals surface area contributed by atoms with Crippen molar-refractivity contribution < 1.29 is 26.3 Å². The molecule has 0 N–H and O–H groups in total. The van der Waals surface area contributed by atoms with Gasteiger partial charge in [-0.3, -0.25) is 0 Å². The van der Waals surface area contributed by atoms with Gasteiger partial charge in [-0.15, -0.1) is 5.10 Å². The summed E-state index contributed by atoms with van der Waals surface area (Å²) in [6, 6.07) is 8.88. The van der Waals surface area contributed by atoms with Crippen LogP contribution in [0.5, 0.6) is 0 Å². The summed E-state index contributed by atoms with van der Waals surface area (Å²) in [5.74, 6) is -0.400. The Hall–Kier alpha value is -2.30. The average molecular weight is 378 g/mol. The van der Waals surface area contributed by atoms with Crippen molar-refractivity contribution in [1.82, 2.24) is 19.6 Å². The van der Waals surface area contributed by atoms with Gasteiger partial charge >= 0.3 is 12.4 Å². The van der Waals surface area contributed by atoms with Gasteiger partial charge in [0.2, 0.25) is 5.16 Å². The van der Waals surface area contributed by atoms with E-state index in [0.29, 0.717) is 5.75 Å². The zero-order valence-electron chi connectivity index (χ0n) is 12.1. The molecule has 11 heteroatoms. The Labute approximate surface area is 140 Å². The predicted octanol–water partition coefficient (Wildman–Crippen LogP) is 4.45. The third kappa shape index (κ3) is 3.86. The van der Waals surface area contributed by atoms with Gasteiger partial charge < -0.3 is 0 Å². The van der Waals surface area contributed by atoms with Crippen LogP contribution < -0.4 is 0 Å². The van der Waals surface area contributed by atoms with Crippen molar-refractivity contribution in [3.63, 3.8) is 0 Å². The molecule has 0 spiro atoms. The summed E-state index contributed by atoms with van der Waals surface area (Å²) in [6.45, 7) is 0. The molecule has 2 heterocycles. The third-order valence-corrected chi connectivity index (χ3v) is 3.99. The van der Waals surface area contributed by atoms with Gasteiger partial charge in [-0.05, 0) is 11.6 Å². The minimum absolute atomic E-state index is 0.0761. The summed E-state index contributed by atoms with van der Waals surface area (Å²) in [5.41, 5.74) is -2.38. The first-order valence-corrected chi connectivity index (χ1v) is 7.72. The van der Waals surface area contributed by atoms with Gasteiger partial charge in [0.1, 0.15) is 0 Å². The van der Waals surface area contributed by atoms with Gasteiger partial charge in [-0.2, -0.15) is 35.8 Å². The molecule has 0 aliphatic rings. The highest BCUT2D eigenvalue weighted by atomic mass is 32.2. The first-order valence-electron chi connectivity index (χ1n) is 6.73. The standard InChI is InChI=1S/C14H8F6N4S/c15-13(16,17)9-6-10(14(18,19)20)24-11(21-9)22-12(23-24)25-7-8-4-2-1-3-5-8/h1-6H,7H2. The quantitative estimate of drug-likeness (QED) is 0.499. The molecule has 0 saturated carbocycles. The molecule has 0 bridgehead atoms. The average Bonchev–Trinajstić information content (AvgIpc) is 2.94. The van der Waals surface area contributed by atoms with E-state index in [4.69, 9.17) is 0 Å². The van der Waals surface area contributed by atoms with Crippen molar-refractivity contribution in [2.45, 2.75) is 23.3 Å². The van der Waals surface area contributed by atoms with Crippen molar-refractivity contribution in [2.24, 2.45) is 0 Å². The number of hydrogen-bond donors (Lipinski definition) is 0. The third-order valence-electron chi connectivity index (χ3n) is 3.08. The zero-order valence-corrected chi connectivity index (χ0v) is 13.0. The molecule has 0 amide bonds. The van der Waals surface area contributed by atoms with Crippen LogP contribution in [0.15, 0.2) is 41.6 Å². The van der Waals surface area contributed by atoms with Crippen molar-refractivity contribution in [1.29, 1.82) is 0 Å². The fourth-order valence-corrected chi connectivity index (χ4v) is 2.75. The fourth-order valence-electron chi connectivity index (χ4n) is 1.98. The number of hydrogen-bond acceptors (Lipinski definition) is 4. The molecule has 0 fully saturated rings. The predicted molar refractivity (Wildman–Crippen MR) is 76.8 cm³/mol. The normalized spacial score (nSPS) is 12.7. The first-order chi connectivity index (χ1) is 11.6. The second kappa shape index (κ2) is 6.21. The molecule has 0 unspecified atom stereocenters. The number of thioether (sulfide) groups is 1. The van der Waals surface area contributed by atoms with Crippen molar-refractivity contribution in [3.05, 3.63) is 53.3 Å². The molecular weight excluding hydrogens is 370 g/mol. The highest BCUT2D eigenvalue weighted by Gasteiger charge is 2.40. The van der Waals surface area contributed by atoms with Gasteiger partial charge in [0, 0.05) is 5.75 Å². The topological polar surface area (TPSA) is 43.1 Å². The van der Waals surface area contributed by atoms with Gasteiger partial charge in [0.25, 0.3) is 5.78 Å². The molecule has 3 aromatic rings. The van der Waals surface area contributed by atoms with E-state index in [9.17, 15) is 26.3 Å². The molecule has 132 valence electrons. The van der Waals surface area contributed by atoms with E-state index >= 15 is 0 Å². The van der Waals surface area contributed by atoms with Crippen LogP contribution in [0, 0.1) is 0 Å². The van der Waals surface area contributed by atoms with Gasteiger partial charge in [0.05, 0.1) is 0 Å². The number of fused-ring (bicyclic) bond motifs is 1. The van der Waals surface area contributed by atoms with Gasteiger partial charge in [-0.25, -0.2) is 4.98 Å². The fraction of sp³-hybridized carbons (Fsp3) is 0.214. The summed E-state index contributed by atoms with van der Waals surface area (Å²) in [6.07, 6.45) is -10.1. The number of rotatable bonds is 3. The maximum atomic E-state index is 13.1. The van der Waals surface area contributed by atoms with E-state index < -0.39 is 29.5 Å². The van der Waals surface area contributed by atoms with E-state index in [1.54, 1.807) is 30.3 Å². The van der Waals surface area contributed by atoms with Crippen LogP contribution in [0.25, 0.3) is 5.78 Å². The van der Waals surface area contributed by atoms with E-state index in [1.165, 1.54) is 0 Å². The maximum absolute atomic E-state index is 13.1. The molecule has 3 rings (SSSR count). The maximum Gasteiger partial charge on any atom is 0.433 e. The van der Waals surface area contributed by atoms with Crippen LogP contribution in [0.4, 0.5) is 26.3 Å². The zero-order chi connectivity index (χ0) is 18.2. The monoisotopic (exact) mass is 378 g/mol. The molecule has 4 nitrogen and oxygen atoms in total. The Morgan fingerprint density at radius 1 is 0.920 bits per heavy atom. The Bertz CT molecular complexity index is 888. The number of aromatic nitrogens is 4. The number of alkyl halides is 6. The molecule has 0 aliphatic heterocycles. The number of halogens is 6. The molecular formula is C14H8F6N4S. The largest absolute Gasteiger partial charge is 0.433 e. The van der Waals surface area contributed by atoms with Crippen LogP contribution in [-0.2, 0) is 18.1 Å². The second-order valence-corrected chi connectivity index (χ2v) is 5.85. The minimum Gasteiger partial charge on any atom is -0.206 e. The highest BCUT2D eigenvalue weighted by molar-refractivity contribution is 7.98. The Morgan fingerprint density at radius 2 is 1.60 bits per heavy atom. The van der Waals surface area contributed by atoms with Crippen LogP contribution in [0.1, 0.15) is 17.0 Å².